The molecular weight excluding hydrogens is 298 g/mol. The van der Waals surface area contributed by atoms with Crippen LogP contribution in [0.1, 0.15) is 37.8 Å². The lowest BCUT2D eigenvalue weighted by molar-refractivity contribution is -0.146. The van der Waals surface area contributed by atoms with Crippen LogP contribution < -0.4 is 0 Å². The van der Waals surface area contributed by atoms with Gasteiger partial charge < -0.3 is 9.15 Å². The summed E-state index contributed by atoms with van der Waals surface area (Å²) in [5.74, 6) is 2.87. The zero-order valence-electron chi connectivity index (χ0n) is 12.4. The zero-order valence-corrected chi connectivity index (χ0v) is 13.2. The molecule has 2 aromatic rings. The molecule has 0 amide bonds. The van der Waals surface area contributed by atoms with Crippen molar-refractivity contribution in [3.8, 4) is 10.8 Å². The minimum absolute atomic E-state index is 0.0786. The first-order valence-electron chi connectivity index (χ1n) is 7.92. The van der Waals surface area contributed by atoms with Crippen LogP contribution in [0.2, 0.25) is 0 Å². The lowest BCUT2D eigenvalue weighted by Crippen LogP contribution is -2.17. The molecule has 2 aromatic heterocycles. The normalized spacial score (nSPS) is 26.5. The summed E-state index contributed by atoms with van der Waals surface area (Å²) in [7, 11) is 0. The number of aromatic nitrogens is 1. The van der Waals surface area contributed by atoms with Crippen LogP contribution in [0.3, 0.4) is 0 Å². The van der Waals surface area contributed by atoms with E-state index in [9.17, 15) is 4.79 Å². The number of furan rings is 1. The molecule has 0 aliphatic heterocycles. The van der Waals surface area contributed by atoms with E-state index in [4.69, 9.17) is 9.15 Å². The van der Waals surface area contributed by atoms with Crippen molar-refractivity contribution in [3.05, 3.63) is 29.5 Å². The summed E-state index contributed by atoms with van der Waals surface area (Å²) in [5, 5.41) is 2.74. The average molecular weight is 317 g/mol. The van der Waals surface area contributed by atoms with E-state index in [1.54, 1.807) is 6.26 Å². The molecule has 2 heterocycles. The maximum atomic E-state index is 12.0. The number of carbonyl (C=O) groups excluding carboxylic acids is 1. The number of esters is 1. The van der Waals surface area contributed by atoms with Crippen LogP contribution in [0, 0.1) is 17.8 Å². The third-order valence-corrected chi connectivity index (χ3v) is 5.88. The van der Waals surface area contributed by atoms with Gasteiger partial charge in [0.25, 0.3) is 0 Å². The largest absolute Gasteiger partial charge is 0.462 e. The van der Waals surface area contributed by atoms with Crippen LogP contribution in [0.15, 0.2) is 28.2 Å². The molecule has 0 saturated heterocycles. The van der Waals surface area contributed by atoms with E-state index in [2.05, 4.69) is 4.98 Å². The smallest absolute Gasteiger partial charge is 0.306 e. The van der Waals surface area contributed by atoms with Crippen molar-refractivity contribution >= 4 is 17.3 Å². The molecule has 4 rings (SSSR count). The van der Waals surface area contributed by atoms with Gasteiger partial charge in [0.05, 0.1) is 12.0 Å². The first-order valence-corrected chi connectivity index (χ1v) is 8.80. The van der Waals surface area contributed by atoms with Gasteiger partial charge in [-0.1, -0.05) is 6.42 Å². The number of fused-ring (bicyclic) bond motifs is 2. The van der Waals surface area contributed by atoms with Crippen molar-refractivity contribution in [2.45, 2.75) is 38.7 Å². The fourth-order valence-corrected chi connectivity index (χ4v) is 4.71. The van der Waals surface area contributed by atoms with Crippen molar-refractivity contribution in [1.82, 2.24) is 4.98 Å². The Hall–Kier alpha value is -1.62. The number of thiazole rings is 1. The summed E-state index contributed by atoms with van der Waals surface area (Å²) in [4.78, 5) is 16.5. The first-order chi connectivity index (χ1) is 10.8. The van der Waals surface area contributed by atoms with E-state index in [-0.39, 0.29) is 12.6 Å². The summed E-state index contributed by atoms with van der Waals surface area (Å²) in [6.07, 6.45) is 7.43. The summed E-state index contributed by atoms with van der Waals surface area (Å²) in [6, 6.07) is 3.72. The minimum Gasteiger partial charge on any atom is -0.462 e. The summed E-state index contributed by atoms with van der Waals surface area (Å²) in [6.45, 7) is 0.261. The summed E-state index contributed by atoms with van der Waals surface area (Å²) in [5.41, 5.74) is 0.790. The Bertz CT molecular complexity index is 649. The molecule has 0 radical (unpaired) electrons. The van der Waals surface area contributed by atoms with Gasteiger partial charge in [0.1, 0.15) is 6.61 Å². The second-order valence-electron chi connectivity index (χ2n) is 6.42. The Kier molecular flexibility index (Phi) is 3.74. The van der Waals surface area contributed by atoms with Gasteiger partial charge in [0.15, 0.2) is 10.8 Å². The summed E-state index contributed by atoms with van der Waals surface area (Å²) < 4.78 is 10.7. The van der Waals surface area contributed by atoms with E-state index >= 15 is 0 Å². The van der Waals surface area contributed by atoms with E-state index in [1.165, 1.54) is 37.0 Å². The van der Waals surface area contributed by atoms with Crippen molar-refractivity contribution in [3.63, 3.8) is 0 Å². The third-order valence-electron chi connectivity index (χ3n) is 4.98. The lowest BCUT2D eigenvalue weighted by atomic mass is 9.86. The number of ether oxygens (including phenoxy) is 1. The molecule has 0 aromatic carbocycles. The highest BCUT2D eigenvalue weighted by molar-refractivity contribution is 7.13. The molecule has 22 heavy (non-hydrogen) atoms. The highest BCUT2D eigenvalue weighted by Crippen LogP contribution is 2.49. The molecule has 116 valence electrons. The van der Waals surface area contributed by atoms with Crippen LogP contribution in [-0.2, 0) is 16.1 Å². The predicted octanol–water partition coefficient (Wildman–Crippen LogP) is 4.27. The molecule has 0 unspecified atom stereocenters. The lowest BCUT2D eigenvalue weighted by Gasteiger charge is -2.20. The van der Waals surface area contributed by atoms with Gasteiger partial charge in [-0.15, -0.1) is 11.3 Å². The average Bonchev–Trinajstić information content (AvgIpc) is 3.27. The van der Waals surface area contributed by atoms with Crippen LogP contribution in [0.4, 0.5) is 0 Å². The van der Waals surface area contributed by atoms with E-state index in [0.29, 0.717) is 12.3 Å². The Morgan fingerprint density at radius 1 is 1.41 bits per heavy atom. The topological polar surface area (TPSA) is 52.3 Å². The fourth-order valence-electron chi connectivity index (χ4n) is 3.94. The van der Waals surface area contributed by atoms with E-state index in [1.807, 2.05) is 17.5 Å². The predicted molar refractivity (Wildman–Crippen MR) is 83.2 cm³/mol. The Morgan fingerprint density at radius 2 is 2.36 bits per heavy atom. The van der Waals surface area contributed by atoms with Crippen LogP contribution in [-0.4, -0.2) is 11.0 Å². The maximum Gasteiger partial charge on any atom is 0.306 e. The molecule has 2 bridgehead atoms. The van der Waals surface area contributed by atoms with E-state index < -0.39 is 0 Å². The highest BCUT2D eigenvalue weighted by Gasteiger charge is 2.40. The number of hydrogen-bond acceptors (Lipinski definition) is 5. The molecule has 3 atom stereocenters. The highest BCUT2D eigenvalue weighted by atomic mass is 32.1. The molecule has 2 saturated carbocycles. The van der Waals surface area contributed by atoms with Gasteiger partial charge in [-0.3, -0.25) is 4.79 Å². The van der Waals surface area contributed by atoms with Gasteiger partial charge in [0, 0.05) is 11.8 Å². The monoisotopic (exact) mass is 317 g/mol. The standard InChI is InChI=1S/C17H19NO3S/c19-16(8-13-7-11-3-4-12(13)6-11)21-9-14-10-22-17(18-14)15-2-1-5-20-15/h1-2,5,10-13H,3-4,6-9H2/t11-,12-,13-/m0/s1. The molecule has 2 fully saturated rings. The molecule has 2 aliphatic carbocycles. The van der Waals surface area contributed by atoms with E-state index in [0.717, 1.165) is 28.3 Å². The van der Waals surface area contributed by atoms with Crippen LogP contribution in [0.25, 0.3) is 10.8 Å². The van der Waals surface area contributed by atoms with Crippen LogP contribution >= 0.6 is 11.3 Å². The fraction of sp³-hybridized carbons (Fsp3) is 0.529. The van der Waals surface area contributed by atoms with Crippen molar-refractivity contribution in [1.29, 1.82) is 0 Å². The molecule has 2 aliphatic rings. The SMILES string of the molecule is O=C(C[C@@H]1C[C@H]2CC[C@H]1C2)OCc1csc(-c2ccco2)n1. The first kappa shape index (κ1) is 14.0. The molecule has 4 nitrogen and oxygen atoms in total. The Morgan fingerprint density at radius 3 is 3.09 bits per heavy atom. The van der Waals surface area contributed by atoms with Crippen molar-refractivity contribution < 1.29 is 13.9 Å². The number of carbonyl (C=O) groups is 1. The van der Waals surface area contributed by atoms with Gasteiger partial charge in [-0.2, -0.15) is 0 Å². The number of rotatable bonds is 5. The molecule has 0 N–H and O–H groups in total. The van der Waals surface area contributed by atoms with Crippen molar-refractivity contribution in [2.75, 3.05) is 0 Å². The van der Waals surface area contributed by atoms with Gasteiger partial charge in [-0.05, 0) is 49.1 Å². The zero-order chi connectivity index (χ0) is 14.9. The maximum absolute atomic E-state index is 12.0. The van der Waals surface area contributed by atoms with Gasteiger partial charge >= 0.3 is 5.97 Å². The third kappa shape index (κ3) is 2.82. The number of hydrogen-bond donors (Lipinski definition) is 0. The second kappa shape index (κ2) is 5.88. The quantitative estimate of drug-likeness (QED) is 0.773. The molecule has 5 heteroatoms. The van der Waals surface area contributed by atoms with Gasteiger partial charge in [-0.25, -0.2) is 4.98 Å². The Balaban J connectivity index is 1.28. The molecule has 0 spiro atoms. The minimum atomic E-state index is -0.0786. The van der Waals surface area contributed by atoms with Crippen molar-refractivity contribution in [2.24, 2.45) is 17.8 Å². The second-order valence-corrected chi connectivity index (χ2v) is 7.28. The molecular formula is C17H19NO3S. The summed E-state index contributed by atoms with van der Waals surface area (Å²) >= 11 is 1.51. The van der Waals surface area contributed by atoms with Crippen LogP contribution in [0.5, 0.6) is 0 Å². The van der Waals surface area contributed by atoms with Gasteiger partial charge in [0.2, 0.25) is 0 Å². The number of nitrogens with zero attached hydrogens (tertiary/aromatic N) is 1. The Labute approximate surface area is 133 Å².